The van der Waals surface area contributed by atoms with Crippen molar-refractivity contribution in [2.24, 2.45) is 0 Å². The summed E-state index contributed by atoms with van der Waals surface area (Å²) >= 11 is 0. The maximum Gasteiger partial charge on any atom is 0.278 e. The molecule has 1 fully saturated rings. The predicted molar refractivity (Wildman–Crippen MR) is 102 cm³/mol. The summed E-state index contributed by atoms with van der Waals surface area (Å²) in [4.78, 5) is 26.3. The van der Waals surface area contributed by atoms with Crippen molar-refractivity contribution >= 4 is 21.8 Å². The number of sulfonamides is 1. The summed E-state index contributed by atoms with van der Waals surface area (Å²) in [5.41, 5.74) is 0. The Balaban J connectivity index is 1.92. The van der Waals surface area contributed by atoms with Crippen molar-refractivity contribution in [3.05, 3.63) is 30.1 Å². The van der Waals surface area contributed by atoms with Gasteiger partial charge >= 0.3 is 0 Å². The summed E-state index contributed by atoms with van der Waals surface area (Å²) in [7, 11) is -3.89. The number of hydrogen-bond acceptors (Lipinski definition) is 4. The molecule has 2 N–H and O–H groups in total. The van der Waals surface area contributed by atoms with E-state index >= 15 is 0 Å². The van der Waals surface area contributed by atoms with Crippen LogP contribution in [0, 0.1) is 5.82 Å². The van der Waals surface area contributed by atoms with E-state index in [2.05, 4.69) is 5.32 Å². The molecule has 8 nitrogen and oxygen atoms in total. The van der Waals surface area contributed by atoms with Gasteiger partial charge in [0.15, 0.2) is 6.54 Å². The molecular weight excluding hydrogens is 387 g/mol. The van der Waals surface area contributed by atoms with Gasteiger partial charge in [-0.25, -0.2) is 12.8 Å². The van der Waals surface area contributed by atoms with Gasteiger partial charge in [0.1, 0.15) is 10.7 Å². The highest BCUT2D eigenvalue weighted by Crippen LogP contribution is 2.18. The first kappa shape index (κ1) is 22.3. The zero-order valence-corrected chi connectivity index (χ0v) is 17.1. The molecule has 0 spiro atoms. The number of benzene rings is 1. The van der Waals surface area contributed by atoms with Crippen LogP contribution in [0.25, 0.3) is 0 Å². The first-order chi connectivity index (χ1) is 13.3. The molecule has 1 saturated heterocycles. The van der Waals surface area contributed by atoms with Crippen LogP contribution < -0.4 is 10.2 Å². The van der Waals surface area contributed by atoms with Gasteiger partial charge in [-0.1, -0.05) is 12.1 Å². The maximum atomic E-state index is 13.9. The molecule has 1 aliphatic heterocycles. The first-order valence-corrected chi connectivity index (χ1v) is 10.9. The molecule has 10 heteroatoms. The third-order valence-electron chi connectivity index (χ3n) is 4.73. The van der Waals surface area contributed by atoms with Crippen LogP contribution in [0.3, 0.4) is 0 Å². The van der Waals surface area contributed by atoms with Crippen molar-refractivity contribution in [3.8, 4) is 0 Å². The normalized spacial score (nSPS) is 16.0. The Morgan fingerprint density at radius 1 is 1.21 bits per heavy atom. The Hall–Kier alpha value is -2.04. The average Bonchev–Trinajstić information content (AvgIpc) is 2.67. The zero-order valence-electron chi connectivity index (χ0n) is 16.3. The van der Waals surface area contributed by atoms with Crippen molar-refractivity contribution < 1.29 is 27.3 Å². The Labute approximate surface area is 165 Å². The molecule has 0 atom stereocenters. The number of halogens is 1. The molecule has 0 bridgehead atoms. The van der Waals surface area contributed by atoms with Gasteiger partial charge in [-0.3, -0.25) is 9.59 Å². The molecule has 1 aromatic rings. The standard InChI is InChI=1S/C18H27FN4O4S/c1-3-20-17(24)13-22(4-2)18(25)14-21-9-11-23(12-10-21)28(26,27)16-8-6-5-7-15(16)19/h5-8H,3-4,9-14H2,1-2H3,(H,20,24)/p+1. The lowest BCUT2D eigenvalue weighted by atomic mass is 10.3. The van der Waals surface area contributed by atoms with Crippen molar-refractivity contribution in [1.29, 1.82) is 0 Å². The van der Waals surface area contributed by atoms with Gasteiger partial charge in [0, 0.05) is 13.1 Å². The molecule has 0 saturated carbocycles. The molecule has 2 rings (SSSR count). The fourth-order valence-electron chi connectivity index (χ4n) is 3.14. The maximum absolute atomic E-state index is 13.9. The number of piperazine rings is 1. The average molecular weight is 416 g/mol. The highest BCUT2D eigenvalue weighted by molar-refractivity contribution is 7.89. The Bertz CT molecular complexity index is 795. The van der Waals surface area contributed by atoms with Crippen molar-refractivity contribution in [1.82, 2.24) is 14.5 Å². The predicted octanol–water partition coefficient (Wildman–Crippen LogP) is -1.30. The van der Waals surface area contributed by atoms with Crippen LogP contribution in [0.2, 0.25) is 0 Å². The lowest BCUT2D eigenvalue weighted by Crippen LogP contribution is -3.15. The molecular formula is C18H28FN4O4S+. The molecule has 0 radical (unpaired) electrons. The highest BCUT2D eigenvalue weighted by Gasteiger charge is 2.33. The number of nitrogens with one attached hydrogen (secondary N) is 2. The lowest BCUT2D eigenvalue weighted by Gasteiger charge is -2.32. The molecule has 2 amide bonds. The van der Waals surface area contributed by atoms with E-state index in [9.17, 15) is 22.4 Å². The highest BCUT2D eigenvalue weighted by atomic mass is 32.2. The minimum Gasteiger partial charge on any atom is -0.355 e. The Morgan fingerprint density at radius 2 is 1.86 bits per heavy atom. The van der Waals surface area contributed by atoms with Crippen molar-refractivity contribution in [2.45, 2.75) is 18.7 Å². The topological polar surface area (TPSA) is 91.2 Å². The number of carbonyl (C=O) groups excluding carboxylic acids is 2. The molecule has 0 aliphatic carbocycles. The summed E-state index contributed by atoms with van der Waals surface area (Å²) in [6, 6.07) is 5.32. The third kappa shape index (κ3) is 5.49. The molecule has 1 heterocycles. The number of hydrogen-bond donors (Lipinski definition) is 2. The van der Waals surface area contributed by atoms with E-state index in [0.717, 1.165) is 11.0 Å². The van der Waals surface area contributed by atoms with E-state index in [-0.39, 0.29) is 42.9 Å². The van der Waals surface area contributed by atoms with Gasteiger partial charge in [0.25, 0.3) is 5.91 Å². The number of amides is 2. The third-order valence-corrected chi connectivity index (χ3v) is 6.66. The largest absolute Gasteiger partial charge is 0.355 e. The zero-order chi connectivity index (χ0) is 20.7. The van der Waals surface area contributed by atoms with Crippen molar-refractivity contribution in [3.63, 3.8) is 0 Å². The Morgan fingerprint density at radius 3 is 2.43 bits per heavy atom. The smallest absolute Gasteiger partial charge is 0.278 e. The second-order valence-electron chi connectivity index (χ2n) is 6.62. The SMILES string of the molecule is CCNC(=O)CN(CC)C(=O)C[NH+]1CCN(S(=O)(=O)c2ccccc2F)CC1. The van der Waals surface area contributed by atoms with Crippen LogP contribution in [0.1, 0.15) is 13.8 Å². The summed E-state index contributed by atoms with van der Waals surface area (Å²) in [6.07, 6.45) is 0. The fourth-order valence-corrected chi connectivity index (χ4v) is 4.65. The van der Waals surface area contributed by atoms with Gasteiger partial charge in [0.05, 0.1) is 32.7 Å². The van der Waals surface area contributed by atoms with Gasteiger partial charge in [-0.05, 0) is 26.0 Å². The molecule has 28 heavy (non-hydrogen) atoms. The minimum absolute atomic E-state index is 0.0181. The number of rotatable bonds is 8. The van der Waals surface area contributed by atoms with E-state index in [1.165, 1.54) is 27.4 Å². The van der Waals surface area contributed by atoms with E-state index in [0.29, 0.717) is 26.2 Å². The molecule has 0 unspecified atom stereocenters. The van der Waals surface area contributed by atoms with Gasteiger partial charge in [0.2, 0.25) is 15.9 Å². The van der Waals surface area contributed by atoms with Crippen LogP contribution in [0.5, 0.6) is 0 Å². The second-order valence-corrected chi connectivity index (χ2v) is 8.53. The summed E-state index contributed by atoms with van der Waals surface area (Å²) < 4.78 is 40.4. The Kier molecular flexibility index (Phi) is 7.90. The van der Waals surface area contributed by atoms with E-state index in [4.69, 9.17) is 0 Å². The minimum atomic E-state index is -3.89. The van der Waals surface area contributed by atoms with Crippen LogP contribution >= 0.6 is 0 Å². The van der Waals surface area contributed by atoms with E-state index < -0.39 is 15.8 Å². The summed E-state index contributed by atoms with van der Waals surface area (Å²) in [5.74, 6) is -1.11. The van der Waals surface area contributed by atoms with Crippen LogP contribution in [-0.2, 0) is 19.6 Å². The number of nitrogens with zero attached hydrogens (tertiary/aromatic N) is 2. The van der Waals surface area contributed by atoms with Crippen molar-refractivity contribution in [2.75, 3.05) is 52.4 Å². The molecule has 1 aromatic carbocycles. The van der Waals surface area contributed by atoms with Gasteiger partial charge in [-0.15, -0.1) is 0 Å². The second kappa shape index (κ2) is 9.94. The van der Waals surface area contributed by atoms with Crippen LogP contribution in [0.15, 0.2) is 29.2 Å². The fraction of sp³-hybridized carbons (Fsp3) is 0.556. The van der Waals surface area contributed by atoms with Gasteiger partial charge in [-0.2, -0.15) is 4.31 Å². The quantitative estimate of drug-likeness (QED) is 0.552. The van der Waals surface area contributed by atoms with Crippen LogP contribution in [-0.4, -0.2) is 81.8 Å². The van der Waals surface area contributed by atoms with Gasteiger partial charge < -0.3 is 15.1 Å². The molecule has 156 valence electrons. The lowest BCUT2D eigenvalue weighted by molar-refractivity contribution is -0.896. The van der Waals surface area contributed by atoms with E-state index in [1.54, 1.807) is 0 Å². The number of likely N-dealkylation sites (N-methyl/N-ethyl adjacent to an activating group) is 2. The summed E-state index contributed by atoms with van der Waals surface area (Å²) in [6.45, 7) is 6.08. The molecule has 0 aromatic heterocycles. The monoisotopic (exact) mass is 415 g/mol. The summed E-state index contributed by atoms with van der Waals surface area (Å²) in [5, 5.41) is 2.67. The number of carbonyl (C=O) groups is 2. The van der Waals surface area contributed by atoms with E-state index in [1.807, 2.05) is 13.8 Å². The first-order valence-electron chi connectivity index (χ1n) is 9.42. The molecule has 1 aliphatic rings. The van der Waals surface area contributed by atoms with Crippen LogP contribution in [0.4, 0.5) is 4.39 Å². The number of quaternary nitrogens is 1.